The molecule has 3 heteroatoms. The molecular weight excluding hydrogens is 174 g/mol. The number of hydrogen-bond donors (Lipinski definition) is 1. The minimum Gasteiger partial charge on any atom is -0.354 e. The fourth-order valence-electron chi connectivity index (χ4n) is 1.60. The minimum absolute atomic E-state index is 0.781. The Morgan fingerprint density at radius 3 is 2.50 bits per heavy atom. The van der Waals surface area contributed by atoms with E-state index in [-0.39, 0.29) is 0 Å². The summed E-state index contributed by atoms with van der Waals surface area (Å²) in [6, 6.07) is 1.99. The Labute approximate surface area is 85.0 Å². The van der Waals surface area contributed by atoms with Crippen LogP contribution < -0.4 is 5.32 Å². The van der Waals surface area contributed by atoms with Crippen molar-refractivity contribution in [1.29, 1.82) is 0 Å². The van der Waals surface area contributed by atoms with E-state index >= 15 is 0 Å². The van der Waals surface area contributed by atoms with Gasteiger partial charge in [-0.1, -0.05) is 12.8 Å². The van der Waals surface area contributed by atoms with Crippen molar-refractivity contribution >= 4 is 5.95 Å². The average molecular weight is 191 g/mol. The first kappa shape index (κ1) is 9.44. The number of rotatable bonds is 4. The lowest BCUT2D eigenvalue weighted by Crippen LogP contribution is -2.07. The van der Waals surface area contributed by atoms with Gasteiger partial charge < -0.3 is 5.32 Å². The standard InChI is InChI=1S/C11H17N3/c1-8-7-9(2)14-11(13-8)12-6-5-10-3-4-10/h7,10H,3-6H2,1-2H3,(H,12,13,14). The normalized spacial score (nSPS) is 15.6. The Morgan fingerprint density at radius 2 is 1.93 bits per heavy atom. The fraction of sp³-hybridized carbons (Fsp3) is 0.636. The van der Waals surface area contributed by atoms with Crippen LogP contribution in [-0.4, -0.2) is 16.5 Å². The van der Waals surface area contributed by atoms with Crippen LogP contribution in [0, 0.1) is 19.8 Å². The van der Waals surface area contributed by atoms with Gasteiger partial charge in [0, 0.05) is 17.9 Å². The summed E-state index contributed by atoms with van der Waals surface area (Å²) in [5, 5.41) is 3.28. The Bertz CT molecular complexity index is 298. The molecule has 1 heterocycles. The van der Waals surface area contributed by atoms with E-state index in [1.807, 2.05) is 19.9 Å². The molecule has 0 radical (unpaired) electrons. The van der Waals surface area contributed by atoms with Crippen molar-refractivity contribution in [2.24, 2.45) is 5.92 Å². The fourth-order valence-corrected chi connectivity index (χ4v) is 1.60. The molecule has 1 saturated carbocycles. The maximum atomic E-state index is 4.33. The van der Waals surface area contributed by atoms with Gasteiger partial charge in [0.15, 0.2) is 0 Å². The summed E-state index contributed by atoms with van der Waals surface area (Å²) in [6.07, 6.45) is 4.08. The SMILES string of the molecule is Cc1cc(C)nc(NCCC2CC2)n1. The maximum Gasteiger partial charge on any atom is 0.223 e. The van der Waals surface area contributed by atoms with Crippen molar-refractivity contribution in [3.8, 4) is 0 Å². The van der Waals surface area contributed by atoms with E-state index in [1.165, 1.54) is 19.3 Å². The van der Waals surface area contributed by atoms with Crippen molar-refractivity contribution in [2.45, 2.75) is 33.1 Å². The zero-order valence-electron chi connectivity index (χ0n) is 8.88. The van der Waals surface area contributed by atoms with Crippen LogP contribution in [0.2, 0.25) is 0 Å². The summed E-state index contributed by atoms with van der Waals surface area (Å²) in [7, 11) is 0. The molecule has 3 nitrogen and oxygen atoms in total. The Morgan fingerprint density at radius 1 is 1.29 bits per heavy atom. The van der Waals surface area contributed by atoms with E-state index in [0.717, 1.165) is 29.8 Å². The van der Waals surface area contributed by atoms with Gasteiger partial charge in [0.25, 0.3) is 0 Å². The Kier molecular flexibility index (Phi) is 2.66. The summed E-state index contributed by atoms with van der Waals surface area (Å²) in [6.45, 7) is 5.01. The number of hydrogen-bond acceptors (Lipinski definition) is 3. The first-order valence-electron chi connectivity index (χ1n) is 5.30. The molecule has 0 aliphatic heterocycles. The highest BCUT2D eigenvalue weighted by Gasteiger charge is 2.20. The van der Waals surface area contributed by atoms with Crippen molar-refractivity contribution in [1.82, 2.24) is 9.97 Å². The second-order valence-electron chi connectivity index (χ2n) is 4.13. The van der Waals surface area contributed by atoms with Gasteiger partial charge in [-0.25, -0.2) is 9.97 Å². The van der Waals surface area contributed by atoms with E-state index in [9.17, 15) is 0 Å². The highest BCUT2D eigenvalue weighted by Crippen LogP contribution is 2.31. The third kappa shape index (κ3) is 2.69. The van der Waals surface area contributed by atoms with Crippen molar-refractivity contribution in [3.63, 3.8) is 0 Å². The van der Waals surface area contributed by atoms with Crippen LogP contribution in [0.3, 0.4) is 0 Å². The van der Waals surface area contributed by atoms with Gasteiger partial charge >= 0.3 is 0 Å². The molecule has 0 atom stereocenters. The third-order valence-corrected chi connectivity index (χ3v) is 2.51. The van der Waals surface area contributed by atoms with Gasteiger partial charge in [-0.3, -0.25) is 0 Å². The van der Waals surface area contributed by atoms with Crippen molar-refractivity contribution < 1.29 is 0 Å². The molecule has 1 aromatic rings. The quantitative estimate of drug-likeness (QED) is 0.793. The maximum absolute atomic E-state index is 4.33. The molecule has 0 aromatic carbocycles. The van der Waals surface area contributed by atoms with Crippen LogP contribution in [-0.2, 0) is 0 Å². The van der Waals surface area contributed by atoms with Gasteiger partial charge in [0.05, 0.1) is 0 Å². The summed E-state index contributed by atoms with van der Waals surface area (Å²) < 4.78 is 0. The first-order valence-corrected chi connectivity index (χ1v) is 5.30. The largest absolute Gasteiger partial charge is 0.354 e. The lowest BCUT2D eigenvalue weighted by atomic mass is 10.3. The summed E-state index contributed by atoms with van der Waals surface area (Å²) in [5.41, 5.74) is 2.07. The molecule has 0 bridgehead atoms. The predicted molar refractivity (Wildman–Crippen MR) is 57.3 cm³/mol. The highest BCUT2D eigenvalue weighted by atomic mass is 15.1. The molecule has 0 unspecified atom stereocenters. The first-order chi connectivity index (χ1) is 6.74. The monoisotopic (exact) mass is 191 g/mol. The van der Waals surface area contributed by atoms with Gasteiger partial charge in [0.1, 0.15) is 0 Å². The van der Waals surface area contributed by atoms with Crippen LogP contribution in [0.4, 0.5) is 5.95 Å². The van der Waals surface area contributed by atoms with Crippen LogP contribution in [0.1, 0.15) is 30.7 Å². The van der Waals surface area contributed by atoms with E-state index in [4.69, 9.17) is 0 Å². The second-order valence-corrected chi connectivity index (χ2v) is 4.13. The van der Waals surface area contributed by atoms with Gasteiger partial charge in [0.2, 0.25) is 5.95 Å². The molecule has 1 fully saturated rings. The van der Waals surface area contributed by atoms with Gasteiger partial charge in [-0.15, -0.1) is 0 Å². The molecule has 14 heavy (non-hydrogen) atoms. The lowest BCUT2D eigenvalue weighted by Gasteiger charge is -2.05. The van der Waals surface area contributed by atoms with Crippen molar-refractivity contribution in [2.75, 3.05) is 11.9 Å². The van der Waals surface area contributed by atoms with Crippen LogP contribution in [0.5, 0.6) is 0 Å². The molecule has 0 spiro atoms. The topological polar surface area (TPSA) is 37.8 Å². The zero-order valence-corrected chi connectivity index (χ0v) is 8.88. The predicted octanol–water partition coefficient (Wildman–Crippen LogP) is 2.31. The molecule has 0 saturated heterocycles. The number of aryl methyl sites for hydroxylation is 2. The number of aromatic nitrogens is 2. The van der Waals surface area contributed by atoms with E-state index in [0.29, 0.717) is 0 Å². The lowest BCUT2D eigenvalue weighted by molar-refractivity contribution is 0.754. The van der Waals surface area contributed by atoms with E-state index in [1.54, 1.807) is 0 Å². The second kappa shape index (κ2) is 3.95. The molecular formula is C11H17N3. The molecule has 76 valence electrons. The molecule has 2 rings (SSSR count). The van der Waals surface area contributed by atoms with Crippen LogP contribution in [0.15, 0.2) is 6.07 Å². The smallest absolute Gasteiger partial charge is 0.223 e. The molecule has 1 aliphatic rings. The Balaban J connectivity index is 1.87. The summed E-state index contributed by atoms with van der Waals surface area (Å²) >= 11 is 0. The van der Waals surface area contributed by atoms with Gasteiger partial charge in [-0.05, 0) is 32.3 Å². The zero-order chi connectivity index (χ0) is 9.97. The van der Waals surface area contributed by atoms with E-state index in [2.05, 4.69) is 15.3 Å². The molecule has 1 aromatic heterocycles. The van der Waals surface area contributed by atoms with Crippen LogP contribution in [0.25, 0.3) is 0 Å². The van der Waals surface area contributed by atoms with Crippen LogP contribution >= 0.6 is 0 Å². The van der Waals surface area contributed by atoms with Crippen molar-refractivity contribution in [3.05, 3.63) is 17.5 Å². The molecule has 1 aliphatic carbocycles. The number of nitrogens with one attached hydrogen (secondary N) is 1. The molecule has 0 amide bonds. The average Bonchev–Trinajstić information content (AvgIpc) is 2.86. The van der Waals surface area contributed by atoms with E-state index < -0.39 is 0 Å². The summed E-state index contributed by atoms with van der Waals surface area (Å²) in [4.78, 5) is 8.66. The summed E-state index contributed by atoms with van der Waals surface area (Å²) in [5.74, 6) is 1.75. The minimum atomic E-state index is 0.781. The number of anilines is 1. The highest BCUT2D eigenvalue weighted by molar-refractivity contribution is 5.27. The Hall–Kier alpha value is -1.12. The number of nitrogens with zero attached hydrogens (tertiary/aromatic N) is 2. The third-order valence-electron chi connectivity index (χ3n) is 2.51. The molecule has 1 N–H and O–H groups in total. The van der Waals surface area contributed by atoms with Gasteiger partial charge in [-0.2, -0.15) is 0 Å².